The third-order valence-electron chi connectivity index (χ3n) is 5.09. The molecule has 1 amide bonds. The van der Waals surface area contributed by atoms with Gasteiger partial charge in [0.15, 0.2) is 0 Å². The van der Waals surface area contributed by atoms with Crippen molar-refractivity contribution in [1.82, 2.24) is 15.2 Å². The Balaban J connectivity index is 1.72. The number of aromatic nitrogens is 1. The molecular weight excluding hydrogens is 290 g/mol. The Morgan fingerprint density at radius 2 is 1.91 bits per heavy atom. The van der Waals surface area contributed by atoms with Crippen LogP contribution in [0.4, 0.5) is 5.69 Å². The molecule has 2 aliphatic heterocycles. The quantitative estimate of drug-likeness (QED) is 0.850. The van der Waals surface area contributed by atoms with Crippen LogP contribution in [0, 0.1) is 0 Å². The Kier molecular flexibility index (Phi) is 5.13. The van der Waals surface area contributed by atoms with E-state index >= 15 is 0 Å². The Morgan fingerprint density at radius 1 is 1.22 bits per heavy atom. The van der Waals surface area contributed by atoms with Gasteiger partial charge >= 0.3 is 0 Å². The largest absolute Gasteiger partial charge is 0.368 e. The summed E-state index contributed by atoms with van der Waals surface area (Å²) >= 11 is 0. The first-order chi connectivity index (χ1) is 11.1. The lowest BCUT2D eigenvalue weighted by Crippen LogP contribution is -2.62. The molecule has 3 N–H and O–H groups in total. The second-order valence-corrected chi connectivity index (χ2v) is 6.74. The van der Waals surface area contributed by atoms with E-state index in [0.717, 1.165) is 51.0 Å². The van der Waals surface area contributed by atoms with E-state index in [9.17, 15) is 4.79 Å². The molecule has 2 aliphatic rings. The number of pyridine rings is 1. The zero-order valence-corrected chi connectivity index (χ0v) is 13.8. The van der Waals surface area contributed by atoms with Gasteiger partial charge in [0, 0.05) is 36.7 Å². The number of nitrogens with one attached hydrogen (secondary N) is 1. The number of hydrogen-bond acceptors (Lipinski definition) is 5. The molecule has 3 rings (SSSR count). The highest BCUT2D eigenvalue weighted by Gasteiger charge is 2.37. The predicted molar refractivity (Wildman–Crippen MR) is 91.2 cm³/mol. The van der Waals surface area contributed by atoms with Crippen LogP contribution in [-0.4, -0.2) is 60.6 Å². The molecule has 0 aromatic carbocycles. The average molecular weight is 317 g/mol. The molecule has 6 heteroatoms. The fraction of sp³-hybridized carbons (Fsp3) is 0.647. The van der Waals surface area contributed by atoms with Gasteiger partial charge in [-0.15, -0.1) is 0 Å². The summed E-state index contributed by atoms with van der Waals surface area (Å²) in [7, 11) is 2.16. The van der Waals surface area contributed by atoms with E-state index < -0.39 is 0 Å². The van der Waals surface area contributed by atoms with Gasteiger partial charge in [0.25, 0.3) is 0 Å². The first-order valence-electron chi connectivity index (χ1n) is 8.56. The Hall–Kier alpha value is -1.66. The van der Waals surface area contributed by atoms with Crippen molar-refractivity contribution in [2.24, 2.45) is 5.73 Å². The minimum Gasteiger partial charge on any atom is -0.368 e. The van der Waals surface area contributed by atoms with E-state index in [-0.39, 0.29) is 18.0 Å². The van der Waals surface area contributed by atoms with Crippen molar-refractivity contribution in [3.63, 3.8) is 0 Å². The number of likely N-dealkylation sites (tertiary alicyclic amines) is 1. The van der Waals surface area contributed by atoms with Gasteiger partial charge < -0.3 is 20.9 Å². The smallest absolute Gasteiger partial charge is 0.241 e. The van der Waals surface area contributed by atoms with E-state index in [1.165, 1.54) is 0 Å². The van der Waals surface area contributed by atoms with E-state index in [1.54, 1.807) is 12.4 Å². The number of amides is 1. The van der Waals surface area contributed by atoms with Crippen molar-refractivity contribution in [3.8, 4) is 0 Å². The number of nitrogens with zero attached hydrogens (tertiary/aromatic N) is 3. The molecule has 0 bridgehead atoms. The molecule has 3 heterocycles. The van der Waals surface area contributed by atoms with Crippen molar-refractivity contribution in [2.75, 3.05) is 31.6 Å². The van der Waals surface area contributed by atoms with Gasteiger partial charge in [0.05, 0.1) is 0 Å². The number of piperidine rings is 2. The van der Waals surface area contributed by atoms with Crippen LogP contribution in [0.1, 0.15) is 25.7 Å². The predicted octanol–water partition coefficient (Wildman–Crippen LogP) is 0.588. The van der Waals surface area contributed by atoms with Gasteiger partial charge in [-0.2, -0.15) is 0 Å². The average Bonchev–Trinajstić information content (AvgIpc) is 2.57. The molecule has 0 saturated carbocycles. The number of primary amides is 1. The summed E-state index contributed by atoms with van der Waals surface area (Å²) in [6.07, 6.45) is 7.86. The molecule has 2 fully saturated rings. The molecule has 1 aromatic heterocycles. The zero-order valence-electron chi connectivity index (χ0n) is 13.8. The molecule has 0 spiro atoms. The molecule has 2 unspecified atom stereocenters. The van der Waals surface area contributed by atoms with Crippen LogP contribution in [0.3, 0.4) is 0 Å². The molecule has 0 radical (unpaired) electrons. The van der Waals surface area contributed by atoms with Gasteiger partial charge in [0.1, 0.15) is 6.04 Å². The van der Waals surface area contributed by atoms with Crippen LogP contribution in [0.5, 0.6) is 0 Å². The molecule has 2 atom stereocenters. The minimum absolute atomic E-state index is 0.128. The van der Waals surface area contributed by atoms with Crippen LogP contribution in [-0.2, 0) is 4.79 Å². The van der Waals surface area contributed by atoms with Gasteiger partial charge in [-0.3, -0.25) is 9.78 Å². The summed E-state index contributed by atoms with van der Waals surface area (Å²) in [6, 6.07) is 4.23. The maximum Gasteiger partial charge on any atom is 0.241 e. The van der Waals surface area contributed by atoms with Gasteiger partial charge in [-0.25, -0.2) is 0 Å². The van der Waals surface area contributed by atoms with Crippen molar-refractivity contribution in [2.45, 2.75) is 43.8 Å². The normalized spacial score (nSPS) is 27.1. The lowest BCUT2D eigenvalue weighted by molar-refractivity contribution is -0.120. The molecule has 2 saturated heterocycles. The van der Waals surface area contributed by atoms with Crippen molar-refractivity contribution >= 4 is 11.6 Å². The van der Waals surface area contributed by atoms with Gasteiger partial charge in [0.2, 0.25) is 5.91 Å². The molecule has 0 aliphatic carbocycles. The number of rotatable bonds is 4. The lowest BCUT2D eigenvalue weighted by atomic mass is 9.92. The number of carbonyl (C=O) groups is 1. The van der Waals surface area contributed by atoms with Gasteiger partial charge in [-0.1, -0.05) is 0 Å². The SMILES string of the molecule is CN1CCC(NC2CCCN(c3ccncc3)C2C(N)=O)CC1. The van der Waals surface area contributed by atoms with E-state index in [2.05, 4.69) is 27.1 Å². The van der Waals surface area contributed by atoms with E-state index in [0.29, 0.717) is 6.04 Å². The van der Waals surface area contributed by atoms with E-state index in [4.69, 9.17) is 5.73 Å². The molecule has 1 aromatic rings. The standard InChI is InChI=1S/C17H27N5O/c1-21-11-6-13(7-12-21)20-15-3-2-10-22(16(15)17(18)23)14-4-8-19-9-5-14/h4-5,8-9,13,15-16,20H,2-3,6-7,10-12H2,1H3,(H2,18,23). The maximum absolute atomic E-state index is 12.2. The Bertz CT molecular complexity index is 515. The number of carbonyl (C=O) groups excluding carboxylic acids is 1. The Morgan fingerprint density at radius 3 is 2.57 bits per heavy atom. The third-order valence-corrected chi connectivity index (χ3v) is 5.09. The number of hydrogen-bond donors (Lipinski definition) is 2. The summed E-state index contributed by atoms with van der Waals surface area (Å²) in [5, 5.41) is 3.72. The summed E-state index contributed by atoms with van der Waals surface area (Å²) in [5.74, 6) is -0.244. The lowest BCUT2D eigenvalue weighted by Gasteiger charge is -2.43. The fourth-order valence-electron chi connectivity index (χ4n) is 3.83. The maximum atomic E-state index is 12.2. The highest BCUT2D eigenvalue weighted by Crippen LogP contribution is 2.25. The van der Waals surface area contributed by atoms with Crippen LogP contribution < -0.4 is 16.0 Å². The molecular formula is C17H27N5O. The number of nitrogens with two attached hydrogens (primary N) is 1. The first kappa shape index (κ1) is 16.2. The Labute approximate surface area is 138 Å². The summed E-state index contributed by atoms with van der Waals surface area (Å²) in [4.78, 5) is 20.7. The second-order valence-electron chi connectivity index (χ2n) is 6.74. The summed E-state index contributed by atoms with van der Waals surface area (Å²) in [5.41, 5.74) is 6.79. The molecule has 6 nitrogen and oxygen atoms in total. The summed E-state index contributed by atoms with van der Waals surface area (Å²) < 4.78 is 0. The van der Waals surface area contributed by atoms with Crippen LogP contribution in [0.25, 0.3) is 0 Å². The second kappa shape index (κ2) is 7.27. The van der Waals surface area contributed by atoms with Gasteiger partial charge in [-0.05, 0) is 58.0 Å². The third kappa shape index (κ3) is 3.82. The highest BCUT2D eigenvalue weighted by atomic mass is 16.1. The van der Waals surface area contributed by atoms with E-state index in [1.807, 2.05) is 12.1 Å². The van der Waals surface area contributed by atoms with Crippen LogP contribution >= 0.6 is 0 Å². The van der Waals surface area contributed by atoms with Crippen LogP contribution in [0.15, 0.2) is 24.5 Å². The minimum atomic E-state index is -0.286. The topological polar surface area (TPSA) is 74.5 Å². The zero-order chi connectivity index (χ0) is 16.2. The fourth-order valence-corrected chi connectivity index (χ4v) is 3.83. The van der Waals surface area contributed by atoms with Crippen molar-refractivity contribution < 1.29 is 4.79 Å². The monoisotopic (exact) mass is 317 g/mol. The number of anilines is 1. The molecule has 23 heavy (non-hydrogen) atoms. The highest BCUT2D eigenvalue weighted by molar-refractivity contribution is 5.84. The van der Waals surface area contributed by atoms with Crippen LogP contribution in [0.2, 0.25) is 0 Å². The van der Waals surface area contributed by atoms with Crippen molar-refractivity contribution in [1.29, 1.82) is 0 Å². The molecule has 126 valence electrons. The summed E-state index contributed by atoms with van der Waals surface area (Å²) in [6.45, 7) is 3.09. The first-order valence-corrected chi connectivity index (χ1v) is 8.56. The van der Waals surface area contributed by atoms with Crippen molar-refractivity contribution in [3.05, 3.63) is 24.5 Å².